The van der Waals surface area contributed by atoms with Crippen LogP contribution in [-0.2, 0) is 68.6 Å². The standard InChI is InChI=1S/C43H50.C36H38/c1-31-13-23-39-40-24-14-32(2)28-42(40)43(41(39)27-31,25-9-5-3-7-11-33-15-17-35-19-21-37(35)29-33)26-10-6-4-8-12-34-16-18-36-20-22-38(36)30-34;1-25-9-17-31(18-10-25)36(21-7-5-4-6-8-28-13-14-29-15-16-30(29)24-28)34-22-26(2)11-19-32(34)33-20-12-27(3)23-35(33)36/h13-18,23-24,27-30H,3-12,19-22,25-26H2,1-2H3;9-14,17-20,22-24H,4-8,15-16,21H2,1-3H3. The van der Waals surface area contributed by atoms with Gasteiger partial charge in [-0.1, -0.05) is 237 Å². The van der Waals surface area contributed by atoms with Gasteiger partial charge in [-0.15, -0.1) is 0 Å². The van der Waals surface area contributed by atoms with Gasteiger partial charge in [-0.3, -0.25) is 0 Å². The summed E-state index contributed by atoms with van der Waals surface area (Å²) in [5.74, 6) is 0. The lowest BCUT2D eigenvalue weighted by molar-refractivity contribution is 0.399. The maximum absolute atomic E-state index is 2.54. The Hall–Kier alpha value is -6.24. The lowest BCUT2D eigenvalue weighted by atomic mass is 9.68. The first kappa shape index (κ1) is 53.4. The molecule has 13 rings (SSSR count). The van der Waals surface area contributed by atoms with Crippen LogP contribution in [0.15, 0.2) is 152 Å². The Morgan fingerprint density at radius 3 is 0.937 bits per heavy atom. The highest BCUT2D eigenvalue weighted by Crippen LogP contribution is 2.57. The molecule has 0 heteroatoms. The van der Waals surface area contributed by atoms with Crippen LogP contribution < -0.4 is 0 Å². The van der Waals surface area contributed by atoms with E-state index >= 15 is 0 Å². The van der Waals surface area contributed by atoms with E-state index in [1.807, 2.05) is 0 Å². The van der Waals surface area contributed by atoms with Crippen molar-refractivity contribution in [3.8, 4) is 22.3 Å². The number of rotatable bonds is 22. The molecule has 0 saturated heterocycles. The van der Waals surface area contributed by atoms with E-state index in [1.54, 1.807) is 55.6 Å². The molecule has 0 radical (unpaired) electrons. The smallest absolute Gasteiger partial charge is 0.0463 e. The van der Waals surface area contributed by atoms with E-state index < -0.39 is 0 Å². The van der Waals surface area contributed by atoms with Crippen molar-refractivity contribution >= 4 is 0 Å². The predicted octanol–water partition coefficient (Wildman–Crippen LogP) is 20.4. The van der Waals surface area contributed by atoms with Crippen LogP contribution in [0.5, 0.6) is 0 Å². The van der Waals surface area contributed by atoms with Gasteiger partial charge in [-0.05, 0) is 231 Å². The second kappa shape index (κ2) is 23.5. The zero-order valence-corrected chi connectivity index (χ0v) is 48.9. The molecular formula is C79H88. The maximum atomic E-state index is 2.54. The first-order valence-electron chi connectivity index (χ1n) is 31.5. The Kier molecular flexibility index (Phi) is 15.9. The van der Waals surface area contributed by atoms with Crippen molar-refractivity contribution in [3.05, 3.63) is 257 Å². The van der Waals surface area contributed by atoms with E-state index in [0.29, 0.717) is 0 Å². The van der Waals surface area contributed by atoms with Crippen molar-refractivity contribution in [2.75, 3.05) is 0 Å². The minimum atomic E-state index is -0.0574. The van der Waals surface area contributed by atoms with Gasteiger partial charge in [0.1, 0.15) is 0 Å². The third-order valence-electron chi connectivity index (χ3n) is 20.0. The Bertz CT molecular complexity index is 3290. The minimum Gasteiger partial charge on any atom is -0.0590 e. The van der Waals surface area contributed by atoms with Gasteiger partial charge in [0, 0.05) is 10.8 Å². The third-order valence-corrected chi connectivity index (χ3v) is 20.0. The minimum absolute atomic E-state index is 0.0574. The molecule has 0 unspecified atom stereocenters. The molecule has 0 atom stereocenters. The summed E-state index contributed by atoms with van der Waals surface area (Å²) < 4.78 is 0. The maximum Gasteiger partial charge on any atom is 0.0463 e. The molecule has 0 amide bonds. The Morgan fingerprint density at radius 2 is 0.582 bits per heavy atom. The van der Waals surface area contributed by atoms with E-state index in [9.17, 15) is 0 Å². The molecule has 0 spiro atoms. The van der Waals surface area contributed by atoms with Crippen molar-refractivity contribution in [2.24, 2.45) is 0 Å². The molecule has 8 aromatic carbocycles. The SMILES string of the molecule is Cc1ccc(C2(CCCCCCc3ccc4c(c3)CC4)c3cc(C)ccc3-c3ccc(C)cc32)cc1.Cc1ccc2c(c1)C(CCCCCCc1ccc3c(c1)CC3)(CCCCCCc1ccc3c(c1)CC3)c1cc(C)ccc1-2. The predicted molar refractivity (Wildman–Crippen MR) is 336 cm³/mol. The second-order valence-corrected chi connectivity index (χ2v) is 25.6. The van der Waals surface area contributed by atoms with Crippen LogP contribution in [0.1, 0.15) is 202 Å². The van der Waals surface area contributed by atoms with Crippen molar-refractivity contribution in [2.45, 2.75) is 200 Å². The van der Waals surface area contributed by atoms with Crippen LogP contribution >= 0.6 is 0 Å². The Morgan fingerprint density at radius 1 is 0.266 bits per heavy atom. The summed E-state index contributed by atoms with van der Waals surface area (Å²) in [5, 5.41) is 0. The molecule has 5 aliphatic rings. The molecule has 0 fully saturated rings. The summed E-state index contributed by atoms with van der Waals surface area (Å²) in [6.07, 6.45) is 31.0. The van der Waals surface area contributed by atoms with Crippen molar-refractivity contribution in [1.29, 1.82) is 0 Å². The second-order valence-electron chi connectivity index (χ2n) is 25.6. The van der Waals surface area contributed by atoms with Gasteiger partial charge >= 0.3 is 0 Å². The molecule has 404 valence electrons. The molecule has 0 aliphatic heterocycles. The van der Waals surface area contributed by atoms with E-state index in [1.165, 1.54) is 226 Å². The van der Waals surface area contributed by atoms with Crippen LogP contribution in [0.2, 0.25) is 0 Å². The van der Waals surface area contributed by atoms with Crippen LogP contribution in [-0.4, -0.2) is 0 Å². The lowest BCUT2D eigenvalue weighted by Gasteiger charge is -2.34. The first-order chi connectivity index (χ1) is 38.6. The first-order valence-corrected chi connectivity index (χ1v) is 31.5. The van der Waals surface area contributed by atoms with Crippen LogP contribution in [0.25, 0.3) is 22.3 Å². The summed E-state index contributed by atoms with van der Waals surface area (Å²) in [5.41, 5.74) is 34.7. The number of hydrogen-bond acceptors (Lipinski definition) is 0. The summed E-state index contributed by atoms with van der Waals surface area (Å²) >= 11 is 0. The van der Waals surface area contributed by atoms with Gasteiger partial charge in [0.15, 0.2) is 0 Å². The molecule has 8 aromatic rings. The Balaban J connectivity index is 0.000000160. The quantitative estimate of drug-likeness (QED) is 0.0594. The molecule has 79 heavy (non-hydrogen) atoms. The average molecular weight is 1040 g/mol. The monoisotopic (exact) mass is 1040 g/mol. The summed E-state index contributed by atoms with van der Waals surface area (Å²) in [6, 6.07) is 59.9. The molecule has 0 saturated carbocycles. The molecule has 0 heterocycles. The fourth-order valence-corrected chi connectivity index (χ4v) is 15.1. The molecule has 0 aromatic heterocycles. The number of hydrogen-bond donors (Lipinski definition) is 0. The van der Waals surface area contributed by atoms with Crippen molar-refractivity contribution < 1.29 is 0 Å². The van der Waals surface area contributed by atoms with Gasteiger partial charge < -0.3 is 0 Å². The van der Waals surface area contributed by atoms with Crippen molar-refractivity contribution in [1.82, 2.24) is 0 Å². The van der Waals surface area contributed by atoms with E-state index in [-0.39, 0.29) is 10.8 Å². The van der Waals surface area contributed by atoms with Crippen LogP contribution in [0.3, 0.4) is 0 Å². The summed E-state index contributed by atoms with van der Waals surface area (Å²) in [7, 11) is 0. The Labute approximate surface area is 476 Å². The zero-order chi connectivity index (χ0) is 53.9. The van der Waals surface area contributed by atoms with Gasteiger partial charge in [0.2, 0.25) is 0 Å². The highest BCUT2D eigenvalue weighted by molar-refractivity contribution is 5.84. The van der Waals surface area contributed by atoms with Gasteiger partial charge in [-0.2, -0.15) is 0 Å². The fraction of sp³-hybridized carbons (Fsp3) is 0.392. The highest BCUT2D eigenvalue weighted by atomic mass is 14.5. The summed E-state index contributed by atoms with van der Waals surface area (Å²) in [4.78, 5) is 0. The summed E-state index contributed by atoms with van der Waals surface area (Å²) in [6.45, 7) is 11.2. The topological polar surface area (TPSA) is 0 Å². The van der Waals surface area contributed by atoms with Crippen LogP contribution in [0.4, 0.5) is 0 Å². The third kappa shape index (κ3) is 11.1. The van der Waals surface area contributed by atoms with E-state index in [0.717, 1.165) is 0 Å². The molecule has 5 aliphatic carbocycles. The number of fused-ring (bicyclic) bond motifs is 9. The molecule has 0 bridgehead atoms. The number of aryl methyl sites for hydroxylation is 14. The van der Waals surface area contributed by atoms with Gasteiger partial charge in [-0.25, -0.2) is 0 Å². The van der Waals surface area contributed by atoms with Gasteiger partial charge in [0.05, 0.1) is 0 Å². The zero-order valence-electron chi connectivity index (χ0n) is 48.9. The number of unbranched alkanes of at least 4 members (excludes halogenated alkanes) is 9. The average Bonchev–Trinajstić information content (AvgIpc) is 3.72. The highest BCUT2D eigenvalue weighted by Gasteiger charge is 2.45. The van der Waals surface area contributed by atoms with E-state index in [4.69, 9.17) is 0 Å². The molecular weight excluding hydrogens is 949 g/mol. The molecule has 0 N–H and O–H groups in total. The van der Waals surface area contributed by atoms with Crippen LogP contribution in [0, 0.1) is 34.6 Å². The number of benzene rings is 8. The van der Waals surface area contributed by atoms with E-state index in [2.05, 4.69) is 186 Å². The van der Waals surface area contributed by atoms with Crippen molar-refractivity contribution in [3.63, 3.8) is 0 Å². The van der Waals surface area contributed by atoms with Gasteiger partial charge in [0.25, 0.3) is 0 Å². The lowest BCUT2D eigenvalue weighted by Crippen LogP contribution is -2.27. The largest absolute Gasteiger partial charge is 0.0590 e. The molecule has 0 nitrogen and oxygen atoms in total. The fourth-order valence-electron chi connectivity index (χ4n) is 15.1. The normalized spacial score (nSPS) is 14.9.